The fourth-order valence-corrected chi connectivity index (χ4v) is 4.92. The van der Waals surface area contributed by atoms with Gasteiger partial charge in [0.25, 0.3) is 0 Å². The highest BCUT2D eigenvalue weighted by Crippen LogP contribution is 2.40. The number of ether oxygens (including phenoxy) is 3. The summed E-state index contributed by atoms with van der Waals surface area (Å²) in [7, 11) is -1.98. The van der Waals surface area contributed by atoms with E-state index < -0.39 is 15.4 Å². The van der Waals surface area contributed by atoms with E-state index in [1.165, 1.54) is 7.11 Å². The van der Waals surface area contributed by atoms with Gasteiger partial charge in [0, 0.05) is 6.04 Å². The molecule has 8 heteroatoms. The van der Waals surface area contributed by atoms with E-state index >= 15 is 0 Å². The molecule has 174 valence electrons. The zero-order valence-corrected chi connectivity index (χ0v) is 19.4. The van der Waals surface area contributed by atoms with E-state index in [4.69, 9.17) is 14.2 Å². The van der Waals surface area contributed by atoms with Gasteiger partial charge in [-0.15, -0.1) is 0 Å². The molecule has 0 heterocycles. The van der Waals surface area contributed by atoms with Crippen LogP contribution < -0.4 is 9.46 Å². The molecule has 0 bridgehead atoms. The smallest absolute Gasteiger partial charge is 0.314 e. The first-order valence-corrected chi connectivity index (χ1v) is 12.6. The molecule has 1 saturated carbocycles. The van der Waals surface area contributed by atoms with E-state index in [0.717, 1.165) is 23.1 Å². The molecule has 7 nitrogen and oxygen atoms in total. The van der Waals surface area contributed by atoms with Gasteiger partial charge in [-0.2, -0.15) is 0 Å². The zero-order chi connectivity index (χ0) is 23.0. The Balaban J connectivity index is 1.50. The molecule has 0 saturated heterocycles. The lowest BCUT2D eigenvalue weighted by Gasteiger charge is -2.26. The van der Waals surface area contributed by atoms with Gasteiger partial charge < -0.3 is 14.2 Å². The van der Waals surface area contributed by atoms with Crippen LogP contribution in [0.1, 0.15) is 30.4 Å². The highest BCUT2D eigenvalue weighted by atomic mass is 32.2. The summed E-state index contributed by atoms with van der Waals surface area (Å²) in [6.07, 6.45) is 3.27. The second-order valence-corrected chi connectivity index (χ2v) is 10.1. The lowest BCUT2D eigenvalue weighted by molar-refractivity contribution is -0.156. The van der Waals surface area contributed by atoms with E-state index in [1.807, 2.05) is 54.6 Å². The molecule has 32 heavy (non-hydrogen) atoms. The number of hydrogen-bond acceptors (Lipinski definition) is 6. The van der Waals surface area contributed by atoms with Crippen molar-refractivity contribution in [2.45, 2.75) is 38.3 Å². The lowest BCUT2D eigenvalue weighted by Crippen LogP contribution is -2.38. The predicted molar refractivity (Wildman–Crippen MR) is 122 cm³/mol. The number of carbonyl (C=O) groups excluding carboxylic acids is 1. The van der Waals surface area contributed by atoms with Gasteiger partial charge in [0.15, 0.2) is 0 Å². The number of sulfonamides is 1. The van der Waals surface area contributed by atoms with E-state index in [2.05, 4.69) is 4.72 Å². The quantitative estimate of drug-likeness (QED) is 0.409. The van der Waals surface area contributed by atoms with Crippen molar-refractivity contribution in [1.82, 2.24) is 4.72 Å². The minimum atomic E-state index is -3.33. The first-order chi connectivity index (χ1) is 15.3. The number of esters is 1. The van der Waals surface area contributed by atoms with Crippen LogP contribution in [0.2, 0.25) is 0 Å². The van der Waals surface area contributed by atoms with Crippen molar-refractivity contribution < 1.29 is 27.4 Å². The number of hydrogen-bond donors (Lipinski definition) is 1. The summed E-state index contributed by atoms with van der Waals surface area (Å²) in [5.41, 5.74) is 1.36. The van der Waals surface area contributed by atoms with Gasteiger partial charge in [0.2, 0.25) is 10.0 Å². The second kappa shape index (κ2) is 10.9. The van der Waals surface area contributed by atoms with Gasteiger partial charge in [-0.25, -0.2) is 13.1 Å². The molecule has 2 atom stereocenters. The summed E-state index contributed by atoms with van der Waals surface area (Å²) < 4.78 is 42.4. The number of methoxy groups -OCH3 is 1. The van der Waals surface area contributed by atoms with Crippen molar-refractivity contribution in [3.05, 3.63) is 65.7 Å². The van der Waals surface area contributed by atoms with Crippen molar-refractivity contribution >= 4 is 16.0 Å². The van der Waals surface area contributed by atoms with Crippen LogP contribution in [0.4, 0.5) is 0 Å². The Morgan fingerprint density at radius 2 is 1.88 bits per heavy atom. The molecular weight excluding hydrogens is 430 g/mol. The van der Waals surface area contributed by atoms with Gasteiger partial charge in [-0.05, 0) is 48.9 Å². The third kappa shape index (κ3) is 7.05. The third-order valence-corrected chi connectivity index (χ3v) is 6.43. The Morgan fingerprint density at radius 3 is 2.59 bits per heavy atom. The van der Waals surface area contributed by atoms with E-state index in [1.54, 1.807) is 0 Å². The van der Waals surface area contributed by atoms with Crippen LogP contribution in [-0.2, 0) is 37.3 Å². The molecule has 0 amide bonds. The Kier molecular flexibility index (Phi) is 8.28. The number of rotatable bonds is 11. The standard InChI is InChI=1S/C24H31NO6S/c1-29-23(26)24(13-11-21(16-24)25-32(2,27)28)18-30-14-12-19-9-6-10-22(15-19)31-17-20-7-4-3-5-8-20/h3-10,15,21,25H,11-14,16-18H2,1-2H3/t21-,24-/m0/s1. The summed E-state index contributed by atoms with van der Waals surface area (Å²) >= 11 is 0. The number of carbonyl (C=O) groups is 1. The molecule has 2 aromatic rings. The largest absolute Gasteiger partial charge is 0.489 e. The Morgan fingerprint density at radius 1 is 1.12 bits per heavy atom. The predicted octanol–water partition coefficient (Wildman–Crippen LogP) is 3.09. The molecule has 1 N–H and O–H groups in total. The van der Waals surface area contributed by atoms with Crippen molar-refractivity contribution in [1.29, 1.82) is 0 Å². The maximum atomic E-state index is 12.4. The van der Waals surface area contributed by atoms with Crippen molar-refractivity contribution in [2.24, 2.45) is 5.41 Å². The minimum absolute atomic E-state index is 0.200. The minimum Gasteiger partial charge on any atom is -0.489 e. The molecule has 0 spiro atoms. The number of nitrogens with one attached hydrogen (secondary N) is 1. The molecule has 0 radical (unpaired) electrons. The average molecular weight is 462 g/mol. The van der Waals surface area contributed by atoms with Gasteiger partial charge >= 0.3 is 5.97 Å². The summed E-state index contributed by atoms with van der Waals surface area (Å²) in [6.45, 7) is 1.14. The fourth-order valence-electron chi connectivity index (χ4n) is 4.11. The topological polar surface area (TPSA) is 90.9 Å². The highest BCUT2D eigenvalue weighted by Gasteiger charge is 2.47. The fraction of sp³-hybridized carbons (Fsp3) is 0.458. The van der Waals surface area contributed by atoms with Gasteiger partial charge in [-0.3, -0.25) is 4.79 Å². The van der Waals surface area contributed by atoms with Crippen LogP contribution in [-0.4, -0.2) is 47.0 Å². The maximum absolute atomic E-state index is 12.4. The molecule has 1 aliphatic rings. The summed E-state index contributed by atoms with van der Waals surface area (Å²) in [4.78, 5) is 12.4. The normalized spacial score (nSPS) is 20.8. The SMILES string of the molecule is COC(=O)[C@@]1(COCCc2cccc(OCc3ccccc3)c2)CC[C@H](NS(C)(=O)=O)C1. The molecule has 1 fully saturated rings. The van der Waals surface area contributed by atoms with Crippen LogP contribution in [0, 0.1) is 5.41 Å². The monoisotopic (exact) mass is 461 g/mol. The molecule has 3 rings (SSSR count). The Bertz CT molecular complexity index is 995. The molecule has 2 aromatic carbocycles. The van der Waals surface area contributed by atoms with Crippen molar-refractivity contribution in [3.8, 4) is 5.75 Å². The van der Waals surface area contributed by atoms with Crippen molar-refractivity contribution in [2.75, 3.05) is 26.6 Å². The Labute approximate surface area is 190 Å². The average Bonchev–Trinajstić information content (AvgIpc) is 3.18. The molecule has 0 aliphatic heterocycles. The molecular formula is C24H31NO6S. The van der Waals surface area contributed by atoms with Crippen LogP contribution in [0.15, 0.2) is 54.6 Å². The van der Waals surface area contributed by atoms with Crippen LogP contribution in [0.25, 0.3) is 0 Å². The second-order valence-electron chi connectivity index (χ2n) is 8.33. The zero-order valence-electron chi connectivity index (χ0n) is 18.6. The first-order valence-electron chi connectivity index (χ1n) is 10.7. The summed E-state index contributed by atoms with van der Waals surface area (Å²) in [5, 5.41) is 0. The van der Waals surface area contributed by atoms with Gasteiger partial charge in [0.05, 0.1) is 32.0 Å². The highest BCUT2D eigenvalue weighted by molar-refractivity contribution is 7.88. The van der Waals surface area contributed by atoms with Gasteiger partial charge in [-0.1, -0.05) is 42.5 Å². The number of benzene rings is 2. The van der Waals surface area contributed by atoms with E-state index in [-0.39, 0.29) is 18.6 Å². The van der Waals surface area contributed by atoms with Crippen molar-refractivity contribution in [3.63, 3.8) is 0 Å². The Hall–Kier alpha value is -2.42. The summed E-state index contributed by atoms with van der Waals surface area (Å²) in [5.74, 6) is 0.439. The van der Waals surface area contributed by atoms with Gasteiger partial charge in [0.1, 0.15) is 12.4 Å². The third-order valence-electron chi connectivity index (χ3n) is 5.67. The molecule has 1 aliphatic carbocycles. The summed E-state index contributed by atoms with van der Waals surface area (Å²) in [6, 6.07) is 17.6. The van der Waals surface area contributed by atoms with Crippen LogP contribution >= 0.6 is 0 Å². The lowest BCUT2D eigenvalue weighted by atomic mass is 9.87. The van der Waals surface area contributed by atoms with Crippen LogP contribution in [0.5, 0.6) is 5.75 Å². The van der Waals surface area contributed by atoms with E-state index in [0.29, 0.717) is 38.9 Å². The molecule has 0 unspecified atom stereocenters. The first kappa shape index (κ1) is 24.2. The van der Waals surface area contributed by atoms with E-state index in [9.17, 15) is 13.2 Å². The molecule has 0 aromatic heterocycles. The van der Waals surface area contributed by atoms with Crippen LogP contribution in [0.3, 0.4) is 0 Å². The maximum Gasteiger partial charge on any atom is 0.314 e.